The van der Waals surface area contributed by atoms with Crippen LogP contribution in [0.25, 0.3) is 0 Å². The molecule has 0 aliphatic carbocycles. The van der Waals surface area contributed by atoms with Crippen molar-refractivity contribution in [1.82, 2.24) is 15.3 Å². The Bertz CT molecular complexity index is 997. The standard InChI is InChI=1S/C27H38F2N4O5/c1-2-4-20-14-30-26(31-15-20)33-8-6-19(7-9-33)5-3-10-38-21-11-23(28)22(24(29)12-21)13-25(37)32-27(16-34,17-35)18-36/h11-12,14-15,19,34-36H,2-10,13,16-18H2,1H3,(H,32,37). The Morgan fingerprint density at radius 2 is 1.71 bits per heavy atom. The predicted octanol–water partition coefficient (Wildman–Crippen LogP) is 2.16. The molecule has 38 heavy (non-hydrogen) atoms. The molecule has 0 saturated carbocycles. The topological polar surface area (TPSA) is 128 Å². The smallest absolute Gasteiger partial charge is 0.225 e. The molecule has 0 spiro atoms. The van der Waals surface area contributed by atoms with Crippen LogP contribution in [0, 0.1) is 17.6 Å². The summed E-state index contributed by atoms with van der Waals surface area (Å²) >= 11 is 0. The van der Waals surface area contributed by atoms with Gasteiger partial charge in [-0.05, 0) is 43.6 Å². The van der Waals surface area contributed by atoms with E-state index in [1.165, 1.54) is 0 Å². The number of amides is 1. The van der Waals surface area contributed by atoms with E-state index in [2.05, 4.69) is 27.1 Å². The van der Waals surface area contributed by atoms with Crippen LogP contribution in [0.4, 0.5) is 14.7 Å². The zero-order valence-corrected chi connectivity index (χ0v) is 21.8. The number of hydrogen-bond acceptors (Lipinski definition) is 8. The highest BCUT2D eigenvalue weighted by atomic mass is 19.1. The number of hydrogen-bond donors (Lipinski definition) is 4. The fraction of sp³-hybridized carbons (Fsp3) is 0.593. The summed E-state index contributed by atoms with van der Waals surface area (Å²) in [5.74, 6) is -1.37. The maximum Gasteiger partial charge on any atom is 0.225 e. The van der Waals surface area contributed by atoms with Crippen LogP contribution in [0.15, 0.2) is 24.5 Å². The Hall–Kier alpha value is -2.89. The first kappa shape index (κ1) is 29.7. The zero-order chi connectivity index (χ0) is 27.5. The van der Waals surface area contributed by atoms with E-state index < -0.39 is 54.9 Å². The van der Waals surface area contributed by atoms with Crippen molar-refractivity contribution in [1.29, 1.82) is 0 Å². The molecule has 0 bridgehead atoms. The van der Waals surface area contributed by atoms with Crippen LogP contribution in [0.1, 0.15) is 50.2 Å². The summed E-state index contributed by atoms with van der Waals surface area (Å²) < 4.78 is 34.6. The van der Waals surface area contributed by atoms with Crippen LogP contribution in [-0.2, 0) is 17.6 Å². The number of aryl methyl sites for hydroxylation is 1. The average molecular weight is 537 g/mol. The molecule has 1 aliphatic heterocycles. The number of halogens is 2. The monoisotopic (exact) mass is 536 g/mol. The number of aliphatic hydroxyl groups is 3. The van der Waals surface area contributed by atoms with Gasteiger partial charge in [-0.25, -0.2) is 18.7 Å². The molecule has 1 amide bonds. The minimum atomic E-state index is -1.67. The molecule has 9 nitrogen and oxygen atoms in total. The van der Waals surface area contributed by atoms with Crippen molar-refractivity contribution in [3.63, 3.8) is 0 Å². The molecule has 1 saturated heterocycles. The summed E-state index contributed by atoms with van der Waals surface area (Å²) in [5, 5.41) is 30.1. The van der Waals surface area contributed by atoms with Gasteiger partial charge in [-0.3, -0.25) is 4.79 Å². The fourth-order valence-electron chi connectivity index (χ4n) is 4.51. The highest BCUT2D eigenvalue weighted by Gasteiger charge is 2.30. The van der Waals surface area contributed by atoms with Crippen LogP contribution >= 0.6 is 0 Å². The Morgan fingerprint density at radius 3 is 2.26 bits per heavy atom. The molecule has 11 heteroatoms. The molecule has 1 aliphatic rings. The van der Waals surface area contributed by atoms with Crippen molar-refractivity contribution in [2.45, 2.75) is 57.4 Å². The molecule has 1 aromatic carbocycles. The maximum absolute atomic E-state index is 14.5. The third-order valence-electron chi connectivity index (χ3n) is 6.92. The molecule has 4 N–H and O–H groups in total. The number of nitrogens with one attached hydrogen (secondary N) is 1. The number of carbonyl (C=O) groups excluding carboxylic acids is 1. The van der Waals surface area contributed by atoms with Gasteiger partial charge in [0.05, 0.1) is 32.8 Å². The van der Waals surface area contributed by atoms with Crippen molar-refractivity contribution < 1.29 is 33.6 Å². The van der Waals surface area contributed by atoms with E-state index in [1.807, 2.05) is 12.4 Å². The van der Waals surface area contributed by atoms with Crippen molar-refractivity contribution in [3.05, 3.63) is 47.3 Å². The summed E-state index contributed by atoms with van der Waals surface area (Å²) in [6.45, 7) is 2.02. The van der Waals surface area contributed by atoms with Gasteiger partial charge in [-0.1, -0.05) is 13.3 Å². The van der Waals surface area contributed by atoms with Crippen LogP contribution in [0.5, 0.6) is 5.75 Å². The highest BCUT2D eigenvalue weighted by Crippen LogP contribution is 2.25. The lowest BCUT2D eigenvalue weighted by Gasteiger charge is -2.32. The Balaban J connectivity index is 1.41. The molecule has 0 unspecified atom stereocenters. The molecular formula is C27H38F2N4O5. The van der Waals surface area contributed by atoms with E-state index in [0.29, 0.717) is 12.5 Å². The summed E-state index contributed by atoms with van der Waals surface area (Å²) in [6.07, 6.45) is 8.91. The second kappa shape index (κ2) is 14.3. The second-order valence-electron chi connectivity index (χ2n) is 9.91. The van der Waals surface area contributed by atoms with Crippen LogP contribution < -0.4 is 15.0 Å². The number of carbonyl (C=O) groups is 1. The normalized spacial score (nSPS) is 14.5. The lowest BCUT2D eigenvalue weighted by molar-refractivity contribution is -0.124. The molecule has 210 valence electrons. The summed E-state index contributed by atoms with van der Waals surface area (Å²) in [4.78, 5) is 23.4. The number of anilines is 1. The van der Waals surface area contributed by atoms with Gasteiger partial charge in [-0.2, -0.15) is 0 Å². The van der Waals surface area contributed by atoms with Gasteiger partial charge in [0.15, 0.2) is 0 Å². The molecule has 2 aromatic rings. The number of aliphatic hydroxyl groups excluding tert-OH is 3. The molecule has 1 fully saturated rings. The average Bonchev–Trinajstić information content (AvgIpc) is 2.93. The minimum absolute atomic E-state index is 0.0399. The van der Waals surface area contributed by atoms with Gasteiger partial charge >= 0.3 is 0 Å². The van der Waals surface area contributed by atoms with Crippen LogP contribution in [0.2, 0.25) is 0 Å². The summed E-state index contributed by atoms with van der Waals surface area (Å²) in [5.41, 5.74) is -0.985. The quantitative estimate of drug-likeness (QED) is 0.271. The highest BCUT2D eigenvalue weighted by molar-refractivity contribution is 5.79. The van der Waals surface area contributed by atoms with Crippen molar-refractivity contribution in [3.8, 4) is 5.75 Å². The molecule has 0 radical (unpaired) electrons. The number of nitrogens with zero attached hydrogens (tertiary/aromatic N) is 3. The Morgan fingerprint density at radius 1 is 1.11 bits per heavy atom. The molecular weight excluding hydrogens is 498 g/mol. The van der Waals surface area contributed by atoms with Gasteiger partial charge in [0.1, 0.15) is 22.9 Å². The Kier molecular flexibility index (Phi) is 11.2. The lowest BCUT2D eigenvalue weighted by Crippen LogP contribution is -2.57. The number of rotatable bonds is 14. The zero-order valence-electron chi connectivity index (χ0n) is 21.8. The van der Waals surface area contributed by atoms with Gasteiger partial charge in [-0.15, -0.1) is 0 Å². The van der Waals surface area contributed by atoms with E-state index in [4.69, 9.17) is 4.74 Å². The first-order chi connectivity index (χ1) is 18.3. The lowest BCUT2D eigenvalue weighted by atomic mass is 9.92. The van der Waals surface area contributed by atoms with Gasteiger partial charge in [0.25, 0.3) is 0 Å². The van der Waals surface area contributed by atoms with Crippen LogP contribution in [-0.4, -0.2) is 76.3 Å². The van der Waals surface area contributed by atoms with E-state index >= 15 is 0 Å². The van der Waals surface area contributed by atoms with E-state index in [-0.39, 0.29) is 5.75 Å². The largest absolute Gasteiger partial charge is 0.493 e. The van der Waals surface area contributed by atoms with Crippen LogP contribution in [0.3, 0.4) is 0 Å². The van der Waals surface area contributed by atoms with Crippen molar-refractivity contribution in [2.24, 2.45) is 5.92 Å². The number of benzene rings is 1. The Labute approximate surface area is 221 Å². The molecule has 3 rings (SSSR count). The number of aromatic nitrogens is 2. The SMILES string of the molecule is CCCc1cnc(N2CCC(CCCOc3cc(F)c(CC(=O)NC(CO)(CO)CO)c(F)c3)CC2)nc1. The third kappa shape index (κ3) is 8.05. The predicted molar refractivity (Wildman–Crippen MR) is 138 cm³/mol. The number of piperidine rings is 1. The maximum atomic E-state index is 14.5. The number of ether oxygens (including phenoxy) is 1. The van der Waals surface area contributed by atoms with Crippen molar-refractivity contribution >= 4 is 11.9 Å². The first-order valence-corrected chi connectivity index (χ1v) is 13.1. The molecule has 0 atom stereocenters. The van der Waals surface area contributed by atoms with Crippen molar-refractivity contribution in [2.75, 3.05) is 44.4 Å². The van der Waals surface area contributed by atoms with Gasteiger partial charge < -0.3 is 30.3 Å². The van der Waals surface area contributed by atoms with E-state index in [9.17, 15) is 28.9 Å². The summed E-state index contributed by atoms with van der Waals surface area (Å²) in [7, 11) is 0. The first-order valence-electron chi connectivity index (χ1n) is 13.1. The fourth-order valence-corrected chi connectivity index (χ4v) is 4.51. The summed E-state index contributed by atoms with van der Waals surface area (Å²) in [6, 6.07) is 2.07. The van der Waals surface area contributed by atoms with E-state index in [0.717, 1.165) is 75.3 Å². The third-order valence-corrected chi connectivity index (χ3v) is 6.92. The van der Waals surface area contributed by atoms with E-state index in [1.54, 1.807) is 0 Å². The van der Waals surface area contributed by atoms with Gasteiger partial charge in [0.2, 0.25) is 11.9 Å². The molecule has 2 heterocycles. The van der Waals surface area contributed by atoms with Gasteiger partial charge in [0, 0.05) is 43.2 Å². The molecule has 1 aromatic heterocycles. The minimum Gasteiger partial charge on any atom is -0.493 e. The second-order valence-corrected chi connectivity index (χ2v) is 9.91.